The van der Waals surface area contributed by atoms with Gasteiger partial charge in [-0.2, -0.15) is 0 Å². The van der Waals surface area contributed by atoms with Crippen LogP contribution in [-0.4, -0.2) is 25.7 Å². The number of rotatable bonds is 3. The van der Waals surface area contributed by atoms with E-state index in [0.717, 1.165) is 5.56 Å². The summed E-state index contributed by atoms with van der Waals surface area (Å²) in [6.45, 7) is 1.94. The molecule has 0 saturated carbocycles. The fourth-order valence-electron chi connectivity index (χ4n) is 2.23. The van der Waals surface area contributed by atoms with Crippen LogP contribution in [-0.2, 0) is 9.84 Å². The second kappa shape index (κ2) is 4.61. The molecular formula is C13H16O3S. The van der Waals surface area contributed by atoms with Crippen LogP contribution in [0.1, 0.15) is 28.8 Å². The van der Waals surface area contributed by atoms with Crippen molar-refractivity contribution in [2.75, 3.05) is 11.5 Å². The van der Waals surface area contributed by atoms with Gasteiger partial charge in [0.05, 0.1) is 11.5 Å². The van der Waals surface area contributed by atoms with E-state index >= 15 is 0 Å². The highest BCUT2D eigenvalue weighted by Gasteiger charge is 2.29. The summed E-state index contributed by atoms with van der Waals surface area (Å²) in [6, 6.07) is 7.44. The molecule has 1 fully saturated rings. The summed E-state index contributed by atoms with van der Waals surface area (Å²) in [5.41, 5.74) is 1.74. The smallest absolute Gasteiger partial charge is 0.163 e. The molecule has 1 aliphatic heterocycles. The highest BCUT2D eigenvalue weighted by Crippen LogP contribution is 2.23. The van der Waals surface area contributed by atoms with Crippen LogP contribution in [0.2, 0.25) is 0 Å². The van der Waals surface area contributed by atoms with Gasteiger partial charge in [-0.1, -0.05) is 23.8 Å². The molecule has 0 bridgehead atoms. The van der Waals surface area contributed by atoms with Gasteiger partial charge in [0, 0.05) is 12.0 Å². The van der Waals surface area contributed by atoms with Crippen LogP contribution in [0.4, 0.5) is 0 Å². The Hall–Kier alpha value is -1.16. The first kappa shape index (κ1) is 12.3. The van der Waals surface area contributed by atoms with Crippen molar-refractivity contribution in [1.29, 1.82) is 0 Å². The van der Waals surface area contributed by atoms with E-state index in [4.69, 9.17) is 0 Å². The van der Waals surface area contributed by atoms with Gasteiger partial charge in [0.2, 0.25) is 0 Å². The van der Waals surface area contributed by atoms with Gasteiger partial charge in [0.25, 0.3) is 0 Å². The maximum atomic E-state index is 12.0. The van der Waals surface area contributed by atoms with Crippen LogP contribution in [0.25, 0.3) is 0 Å². The third-order valence-electron chi connectivity index (χ3n) is 3.14. The van der Waals surface area contributed by atoms with Crippen molar-refractivity contribution in [3.63, 3.8) is 0 Å². The van der Waals surface area contributed by atoms with Gasteiger partial charge >= 0.3 is 0 Å². The number of ketones is 1. The maximum Gasteiger partial charge on any atom is 0.163 e. The largest absolute Gasteiger partial charge is 0.294 e. The molecule has 1 atom stereocenters. The Morgan fingerprint density at radius 1 is 1.41 bits per heavy atom. The van der Waals surface area contributed by atoms with E-state index < -0.39 is 9.84 Å². The fourth-order valence-corrected chi connectivity index (χ4v) is 4.09. The van der Waals surface area contributed by atoms with Crippen LogP contribution in [0, 0.1) is 12.8 Å². The molecule has 1 aromatic carbocycles. The number of carbonyl (C=O) groups is 1. The third-order valence-corrected chi connectivity index (χ3v) is 4.98. The topological polar surface area (TPSA) is 51.2 Å². The Morgan fingerprint density at radius 3 is 2.76 bits per heavy atom. The molecule has 0 amide bonds. The molecule has 0 N–H and O–H groups in total. The van der Waals surface area contributed by atoms with Crippen molar-refractivity contribution in [3.05, 3.63) is 35.4 Å². The first-order chi connectivity index (χ1) is 7.96. The molecule has 1 heterocycles. The predicted octanol–water partition coefficient (Wildman–Crippen LogP) is 2.00. The lowest BCUT2D eigenvalue weighted by molar-refractivity contribution is 0.0965. The van der Waals surface area contributed by atoms with Gasteiger partial charge in [-0.05, 0) is 25.3 Å². The monoisotopic (exact) mass is 252 g/mol. The lowest BCUT2D eigenvalue weighted by atomic mass is 9.97. The minimum Gasteiger partial charge on any atom is -0.294 e. The number of hydrogen-bond donors (Lipinski definition) is 0. The predicted molar refractivity (Wildman–Crippen MR) is 66.9 cm³/mol. The van der Waals surface area contributed by atoms with E-state index in [1.807, 2.05) is 25.1 Å². The molecule has 2 rings (SSSR count). The summed E-state index contributed by atoms with van der Waals surface area (Å²) in [7, 11) is -2.88. The van der Waals surface area contributed by atoms with Crippen molar-refractivity contribution in [3.8, 4) is 0 Å². The average molecular weight is 252 g/mol. The van der Waals surface area contributed by atoms with Crippen LogP contribution in [0.3, 0.4) is 0 Å². The van der Waals surface area contributed by atoms with Gasteiger partial charge < -0.3 is 0 Å². The number of hydrogen-bond acceptors (Lipinski definition) is 3. The van der Waals surface area contributed by atoms with Crippen molar-refractivity contribution in [2.24, 2.45) is 5.92 Å². The molecule has 0 aromatic heterocycles. The zero-order valence-corrected chi connectivity index (χ0v) is 10.7. The van der Waals surface area contributed by atoms with E-state index in [1.165, 1.54) is 0 Å². The first-order valence-corrected chi connectivity index (χ1v) is 7.59. The molecule has 0 aliphatic carbocycles. The number of Topliss-reactive ketones (excluding diaryl/α,β-unsaturated/α-hetero) is 1. The molecule has 3 nitrogen and oxygen atoms in total. The zero-order chi connectivity index (χ0) is 12.5. The number of benzene rings is 1. The molecule has 1 aliphatic rings. The lowest BCUT2D eigenvalue weighted by Crippen LogP contribution is -2.10. The number of aryl methyl sites for hydroxylation is 1. The molecule has 1 aromatic rings. The van der Waals surface area contributed by atoms with Crippen molar-refractivity contribution in [1.82, 2.24) is 0 Å². The van der Waals surface area contributed by atoms with Crippen molar-refractivity contribution < 1.29 is 13.2 Å². The van der Waals surface area contributed by atoms with Crippen LogP contribution in [0.5, 0.6) is 0 Å². The summed E-state index contributed by atoms with van der Waals surface area (Å²) in [4.78, 5) is 12.0. The van der Waals surface area contributed by atoms with Gasteiger partial charge in [-0.3, -0.25) is 4.79 Å². The van der Waals surface area contributed by atoms with E-state index in [2.05, 4.69) is 0 Å². The van der Waals surface area contributed by atoms with E-state index in [1.54, 1.807) is 6.07 Å². The summed E-state index contributed by atoms with van der Waals surface area (Å²) in [5.74, 6) is 0.465. The molecular weight excluding hydrogens is 236 g/mol. The van der Waals surface area contributed by atoms with Gasteiger partial charge in [-0.25, -0.2) is 8.42 Å². The fraction of sp³-hybridized carbons (Fsp3) is 0.462. The molecule has 92 valence electrons. The number of sulfone groups is 1. The highest BCUT2D eigenvalue weighted by molar-refractivity contribution is 7.91. The lowest BCUT2D eigenvalue weighted by Gasteiger charge is -2.06. The van der Waals surface area contributed by atoms with Crippen molar-refractivity contribution in [2.45, 2.75) is 19.8 Å². The Bertz CT molecular complexity index is 531. The molecule has 4 heteroatoms. The normalized spacial score (nSPS) is 22.5. The molecule has 0 radical (unpaired) electrons. The first-order valence-electron chi connectivity index (χ1n) is 5.76. The molecule has 17 heavy (non-hydrogen) atoms. The van der Waals surface area contributed by atoms with Crippen molar-refractivity contribution >= 4 is 15.6 Å². The van der Waals surface area contributed by atoms with Crippen LogP contribution in [0.15, 0.2) is 24.3 Å². The van der Waals surface area contributed by atoms with E-state index in [9.17, 15) is 13.2 Å². The minimum atomic E-state index is -2.88. The van der Waals surface area contributed by atoms with E-state index in [0.29, 0.717) is 18.4 Å². The number of carbonyl (C=O) groups excluding carboxylic acids is 1. The second-order valence-corrected chi connectivity index (χ2v) is 6.99. The zero-order valence-electron chi connectivity index (χ0n) is 9.85. The molecule has 1 saturated heterocycles. The minimum absolute atomic E-state index is 0.00742. The average Bonchev–Trinajstić information content (AvgIpc) is 2.58. The third kappa shape index (κ3) is 3.16. The highest BCUT2D eigenvalue weighted by atomic mass is 32.2. The summed E-state index contributed by atoms with van der Waals surface area (Å²) in [5, 5.41) is 0. The Labute approximate surface area is 102 Å². The standard InChI is InChI=1S/C13H16O3S/c1-10-3-2-4-12(7-10)13(14)8-11-5-6-17(15,16)9-11/h2-4,7,11H,5-6,8-9H2,1H3. The molecule has 1 unspecified atom stereocenters. The summed E-state index contributed by atoms with van der Waals surface area (Å²) in [6.07, 6.45) is 0.975. The maximum absolute atomic E-state index is 12.0. The van der Waals surface area contributed by atoms with E-state index in [-0.39, 0.29) is 23.2 Å². The SMILES string of the molecule is Cc1cccc(C(=O)CC2CCS(=O)(=O)C2)c1. The second-order valence-electron chi connectivity index (χ2n) is 4.77. The van der Waals surface area contributed by atoms with Gasteiger partial charge in [0.15, 0.2) is 15.6 Å². The van der Waals surface area contributed by atoms with Crippen LogP contribution < -0.4 is 0 Å². The summed E-state index contributed by atoms with van der Waals surface area (Å²) >= 11 is 0. The Kier molecular flexibility index (Phi) is 3.33. The molecule has 0 spiro atoms. The Morgan fingerprint density at radius 2 is 2.18 bits per heavy atom. The quantitative estimate of drug-likeness (QED) is 0.773. The summed E-state index contributed by atoms with van der Waals surface area (Å²) < 4.78 is 22.6. The van der Waals surface area contributed by atoms with Gasteiger partial charge in [-0.15, -0.1) is 0 Å². The van der Waals surface area contributed by atoms with Crippen LogP contribution >= 0.6 is 0 Å². The Balaban J connectivity index is 2.03. The van der Waals surface area contributed by atoms with Gasteiger partial charge in [0.1, 0.15) is 0 Å².